The SMILES string of the molecule is NNC(COc1cccc(Cl)c1)Cc1ccc(Br)cc1F. The Morgan fingerprint density at radius 2 is 2.10 bits per heavy atom. The van der Waals surface area contributed by atoms with Crippen LogP contribution in [-0.2, 0) is 6.42 Å². The minimum atomic E-state index is -0.271. The minimum Gasteiger partial charge on any atom is -0.492 e. The molecule has 0 saturated carbocycles. The lowest BCUT2D eigenvalue weighted by Gasteiger charge is -2.17. The van der Waals surface area contributed by atoms with Crippen LogP contribution in [0.4, 0.5) is 4.39 Å². The summed E-state index contributed by atoms with van der Waals surface area (Å²) in [6.07, 6.45) is 0.427. The maximum absolute atomic E-state index is 13.8. The second-order valence-corrected chi connectivity index (χ2v) is 5.92. The van der Waals surface area contributed by atoms with Gasteiger partial charge in [-0.25, -0.2) is 4.39 Å². The van der Waals surface area contributed by atoms with Gasteiger partial charge in [-0.3, -0.25) is 11.3 Å². The van der Waals surface area contributed by atoms with Crippen LogP contribution in [0.1, 0.15) is 5.56 Å². The predicted molar refractivity (Wildman–Crippen MR) is 85.9 cm³/mol. The lowest BCUT2D eigenvalue weighted by Crippen LogP contribution is -2.41. The number of hydrogen-bond acceptors (Lipinski definition) is 3. The van der Waals surface area contributed by atoms with E-state index in [2.05, 4.69) is 21.4 Å². The van der Waals surface area contributed by atoms with Crippen LogP contribution < -0.4 is 16.0 Å². The van der Waals surface area contributed by atoms with Gasteiger partial charge in [0.15, 0.2) is 0 Å². The Hall–Kier alpha value is -1.14. The number of benzene rings is 2. The van der Waals surface area contributed by atoms with Gasteiger partial charge in [0.2, 0.25) is 0 Å². The number of ether oxygens (including phenoxy) is 1. The average molecular weight is 374 g/mol. The summed E-state index contributed by atoms with van der Waals surface area (Å²) in [5.74, 6) is 5.89. The van der Waals surface area contributed by atoms with Gasteiger partial charge < -0.3 is 4.74 Å². The van der Waals surface area contributed by atoms with Crippen molar-refractivity contribution in [3.8, 4) is 5.75 Å². The second-order valence-electron chi connectivity index (χ2n) is 4.57. The standard InChI is InChI=1S/C15H15BrClFN2O/c16-11-5-4-10(15(18)7-11)6-13(20-19)9-21-14-3-1-2-12(17)8-14/h1-5,7-8,13,20H,6,9,19H2. The molecule has 1 atom stereocenters. The van der Waals surface area contributed by atoms with Gasteiger partial charge in [0.05, 0.1) is 6.04 Å². The van der Waals surface area contributed by atoms with Crippen molar-refractivity contribution >= 4 is 27.5 Å². The van der Waals surface area contributed by atoms with Crippen molar-refractivity contribution in [2.75, 3.05) is 6.61 Å². The van der Waals surface area contributed by atoms with E-state index in [-0.39, 0.29) is 11.9 Å². The second kappa shape index (κ2) is 7.75. The fourth-order valence-electron chi connectivity index (χ4n) is 1.87. The molecule has 2 aromatic carbocycles. The van der Waals surface area contributed by atoms with E-state index in [1.807, 2.05) is 0 Å². The van der Waals surface area contributed by atoms with Crippen molar-refractivity contribution in [1.29, 1.82) is 0 Å². The average Bonchev–Trinajstić information content (AvgIpc) is 2.45. The summed E-state index contributed by atoms with van der Waals surface area (Å²) >= 11 is 9.12. The first-order chi connectivity index (χ1) is 10.1. The van der Waals surface area contributed by atoms with Gasteiger partial charge in [-0.05, 0) is 42.3 Å². The summed E-state index contributed by atoms with van der Waals surface area (Å²) in [6.45, 7) is 0.312. The fourth-order valence-corrected chi connectivity index (χ4v) is 2.39. The number of rotatable bonds is 6. The van der Waals surface area contributed by atoms with Crippen molar-refractivity contribution in [1.82, 2.24) is 5.43 Å². The third kappa shape index (κ3) is 4.97. The molecule has 3 nitrogen and oxygen atoms in total. The Kier molecular flexibility index (Phi) is 5.99. The molecule has 112 valence electrons. The topological polar surface area (TPSA) is 47.3 Å². The minimum absolute atomic E-state index is 0.209. The maximum atomic E-state index is 13.8. The van der Waals surface area contributed by atoms with Crippen molar-refractivity contribution in [2.24, 2.45) is 5.84 Å². The molecular weight excluding hydrogens is 359 g/mol. The molecule has 21 heavy (non-hydrogen) atoms. The molecular formula is C15H15BrClFN2O. The van der Waals surface area contributed by atoms with Crippen LogP contribution in [0.2, 0.25) is 5.02 Å². The Morgan fingerprint density at radius 3 is 2.76 bits per heavy atom. The van der Waals surface area contributed by atoms with Crippen molar-refractivity contribution in [2.45, 2.75) is 12.5 Å². The number of hydrogen-bond donors (Lipinski definition) is 2. The van der Waals surface area contributed by atoms with Crippen LogP contribution >= 0.6 is 27.5 Å². The van der Waals surface area contributed by atoms with E-state index in [0.717, 1.165) is 0 Å². The molecule has 0 spiro atoms. The van der Waals surface area contributed by atoms with Gasteiger partial charge in [-0.2, -0.15) is 0 Å². The molecule has 0 heterocycles. The third-order valence-electron chi connectivity index (χ3n) is 2.96. The van der Waals surface area contributed by atoms with Gasteiger partial charge in [0.1, 0.15) is 18.2 Å². The molecule has 1 unspecified atom stereocenters. The van der Waals surface area contributed by atoms with Crippen molar-refractivity contribution < 1.29 is 9.13 Å². The Labute approximate surface area is 136 Å². The summed E-state index contributed by atoms with van der Waals surface area (Å²) in [5, 5.41) is 0.601. The van der Waals surface area contributed by atoms with E-state index in [0.29, 0.717) is 33.8 Å². The Balaban J connectivity index is 1.97. The number of nitrogens with two attached hydrogens (primary N) is 1. The van der Waals surface area contributed by atoms with E-state index in [1.165, 1.54) is 6.07 Å². The highest BCUT2D eigenvalue weighted by molar-refractivity contribution is 9.10. The number of nitrogens with one attached hydrogen (secondary N) is 1. The summed E-state index contributed by atoms with van der Waals surface area (Å²) < 4.78 is 20.1. The van der Waals surface area contributed by atoms with Crippen LogP contribution in [0.25, 0.3) is 0 Å². The van der Waals surface area contributed by atoms with Crippen LogP contribution in [0.3, 0.4) is 0 Å². The monoisotopic (exact) mass is 372 g/mol. The quantitative estimate of drug-likeness (QED) is 0.599. The third-order valence-corrected chi connectivity index (χ3v) is 3.69. The zero-order valence-electron chi connectivity index (χ0n) is 11.2. The molecule has 2 aromatic rings. The lowest BCUT2D eigenvalue weighted by molar-refractivity contribution is 0.263. The number of hydrazine groups is 1. The first-order valence-corrected chi connectivity index (χ1v) is 7.54. The van der Waals surface area contributed by atoms with E-state index in [9.17, 15) is 4.39 Å². The lowest BCUT2D eigenvalue weighted by atomic mass is 10.1. The molecule has 0 bridgehead atoms. The van der Waals surface area contributed by atoms with E-state index in [4.69, 9.17) is 22.2 Å². The zero-order valence-corrected chi connectivity index (χ0v) is 13.5. The first kappa shape index (κ1) is 16.2. The highest BCUT2D eigenvalue weighted by atomic mass is 79.9. The normalized spacial score (nSPS) is 12.2. The first-order valence-electron chi connectivity index (χ1n) is 6.37. The van der Waals surface area contributed by atoms with Gasteiger partial charge in [0, 0.05) is 9.50 Å². The van der Waals surface area contributed by atoms with Crippen LogP contribution in [0.5, 0.6) is 5.75 Å². The summed E-state index contributed by atoms with van der Waals surface area (Å²) in [5.41, 5.74) is 3.22. The number of halogens is 3. The molecule has 2 rings (SSSR count). The Bertz CT molecular complexity index is 612. The summed E-state index contributed by atoms with van der Waals surface area (Å²) in [7, 11) is 0. The molecule has 0 aliphatic rings. The summed E-state index contributed by atoms with van der Waals surface area (Å²) in [4.78, 5) is 0. The van der Waals surface area contributed by atoms with Gasteiger partial charge in [-0.15, -0.1) is 0 Å². The maximum Gasteiger partial charge on any atom is 0.127 e. The fraction of sp³-hybridized carbons (Fsp3) is 0.200. The van der Waals surface area contributed by atoms with Gasteiger partial charge >= 0.3 is 0 Å². The van der Waals surface area contributed by atoms with Crippen LogP contribution in [0, 0.1) is 5.82 Å². The smallest absolute Gasteiger partial charge is 0.127 e. The summed E-state index contributed by atoms with van der Waals surface area (Å²) in [6, 6.07) is 11.8. The molecule has 6 heteroatoms. The molecule has 3 N–H and O–H groups in total. The van der Waals surface area contributed by atoms with Crippen molar-refractivity contribution in [3.63, 3.8) is 0 Å². The highest BCUT2D eigenvalue weighted by Crippen LogP contribution is 2.19. The van der Waals surface area contributed by atoms with E-state index in [1.54, 1.807) is 36.4 Å². The zero-order chi connectivity index (χ0) is 15.2. The molecule has 0 aliphatic carbocycles. The van der Waals surface area contributed by atoms with E-state index < -0.39 is 0 Å². The van der Waals surface area contributed by atoms with Crippen LogP contribution in [0.15, 0.2) is 46.9 Å². The molecule has 0 saturated heterocycles. The Morgan fingerprint density at radius 1 is 1.29 bits per heavy atom. The largest absolute Gasteiger partial charge is 0.492 e. The van der Waals surface area contributed by atoms with Gasteiger partial charge in [0.25, 0.3) is 0 Å². The highest BCUT2D eigenvalue weighted by Gasteiger charge is 2.12. The van der Waals surface area contributed by atoms with E-state index >= 15 is 0 Å². The predicted octanol–water partition coefficient (Wildman–Crippen LogP) is 3.70. The molecule has 0 amide bonds. The van der Waals surface area contributed by atoms with Crippen molar-refractivity contribution in [3.05, 3.63) is 63.3 Å². The molecule has 0 fully saturated rings. The van der Waals surface area contributed by atoms with Crippen LogP contribution in [-0.4, -0.2) is 12.6 Å². The molecule has 0 radical (unpaired) electrons. The molecule has 0 aliphatic heterocycles. The van der Waals surface area contributed by atoms with Gasteiger partial charge in [-0.1, -0.05) is 39.7 Å². The molecule has 0 aromatic heterocycles.